The van der Waals surface area contributed by atoms with E-state index in [1.165, 1.54) is 89.9 Å². The lowest BCUT2D eigenvalue weighted by Crippen LogP contribution is -2.10. The van der Waals surface area contributed by atoms with Crippen molar-refractivity contribution in [1.82, 2.24) is 0 Å². The lowest BCUT2D eigenvalue weighted by molar-refractivity contribution is 0.0723. The first-order valence-electron chi connectivity index (χ1n) is 23.3. The molecule has 5 aromatic rings. The van der Waals surface area contributed by atoms with Crippen LogP contribution in [0.1, 0.15) is 160 Å². The Kier molecular flexibility index (Phi) is 21.3. The van der Waals surface area contributed by atoms with Crippen LogP contribution in [0.25, 0.3) is 11.1 Å². The molecule has 0 aliphatic rings. The van der Waals surface area contributed by atoms with Crippen LogP contribution < -0.4 is 23.7 Å². The lowest BCUT2D eigenvalue weighted by Gasteiger charge is -2.09. The topological polar surface area (TPSA) is 97.4 Å². The molecule has 5 rings (SSSR count). The second-order valence-electron chi connectivity index (χ2n) is 16.1. The van der Waals surface area contributed by atoms with Crippen molar-refractivity contribution in [2.75, 3.05) is 13.2 Å². The molecule has 0 aliphatic heterocycles. The van der Waals surface area contributed by atoms with E-state index in [9.17, 15) is 14.4 Å². The summed E-state index contributed by atoms with van der Waals surface area (Å²) in [7, 11) is 0. The summed E-state index contributed by atoms with van der Waals surface area (Å²) in [6.45, 7) is 5.68. The second kappa shape index (κ2) is 27.9. The Bertz CT molecular complexity index is 2070. The number of unbranched alkanes of at least 4 members (excludes halogenated alkanes) is 16. The zero-order valence-corrected chi connectivity index (χ0v) is 37.5. The molecule has 5 aromatic carbocycles. The zero-order valence-electron chi connectivity index (χ0n) is 37.5. The largest absolute Gasteiger partial charge is 0.494 e. The van der Waals surface area contributed by atoms with Crippen molar-refractivity contribution in [3.63, 3.8) is 0 Å². The van der Waals surface area contributed by atoms with Gasteiger partial charge in [-0.05, 0) is 121 Å². The highest BCUT2D eigenvalue weighted by Crippen LogP contribution is 2.26. The predicted octanol–water partition coefficient (Wildman–Crippen LogP) is 14.8. The number of rotatable bonds is 29. The van der Waals surface area contributed by atoms with Crippen LogP contribution in [0.4, 0.5) is 0 Å². The van der Waals surface area contributed by atoms with Gasteiger partial charge in [-0.1, -0.05) is 141 Å². The van der Waals surface area contributed by atoms with Crippen molar-refractivity contribution in [3.05, 3.63) is 138 Å². The number of hydrogen-bond donors (Lipinski definition) is 0. The number of ether oxygens (including phenoxy) is 5. The third kappa shape index (κ3) is 17.8. The predicted molar refractivity (Wildman–Crippen MR) is 252 cm³/mol. The maximum atomic E-state index is 12.9. The molecule has 0 fully saturated rings. The SMILES string of the molecule is CCCCCCCCCCCCCCCCCCOc1ccc(C(=O)Oc2ccc(C(=O)Oc3ccc(-c4cccc(C(=O)Oc5ccc(OCCCC)cc5)c4)cc3)cc2)cc1. The van der Waals surface area contributed by atoms with Crippen LogP contribution in [0.15, 0.2) is 121 Å². The van der Waals surface area contributed by atoms with Crippen molar-refractivity contribution < 1.29 is 38.1 Å². The third-order valence-corrected chi connectivity index (χ3v) is 11.0. The van der Waals surface area contributed by atoms with Crippen LogP contribution in [0.5, 0.6) is 28.7 Å². The summed E-state index contributed by atoms with van der Waals surface area (Å²) in [6, 6.07) is 34.3. The molecular formula is C55H66O8. The maximum absolute atomic E-state index is 12.9. The summed E-state index contributed by atoms with van der Waals surface area (Å²) in [6.07, 6.45) is 23.4. The molecule has 0 atom stereocenters. The Balaban J connectivity index is 0.956. The van der Waals surface area contributed by atoms with Gasteiger partial charge in [-0.2, -0.15) is 0 Å². The minimum absolute atomic E-state index is 0.301. The molecule has 8 nitrogen and oxygen atoms in total. The van der Waals surface area contributed by atoms with Gasteiger partial charge < -0.3 is 23.7 Å². The maximum Gasteiger partial charge on any atom is 0.343 e. The minimum atomic E-state index is -0.555. The number of hydrogen-bond acceptors (Lipinski definition) is 8. The Hall–Kier alpha value is -5.89. The second-order valence-corrected chi connectivity index (χ2v) is 16.1. The van der Waals surface area contributed by atoms with Crippen molar-refractivity contribution in [2.45, 2.75) is 129 Å². The Labute approximate surface area is 375 Å². The number of carbonyl (C=O) groups excluding carboxylic acids is 3. The van der Waals surface area contributed by atoms with E-state index in [1.54, 1.807) is 103 Å². The molecule has 0 amide bonds. The van der Waals surface area contributed by atoms with Crippen LogP contribution in [0.3, 0.4) is 0 Å². The fourth-order valence-corrected chi connectivity index (χ4v) is 7.16. The minimum Gasteiger partial charge on any atom is -0.494 e. The van der Waals surface area contributed by atoms with E-state index in [2.05, 4.69) is 13.8 Å². The molecule has 0 spiro atoms. The molecular weight excluding hydrogens is 789 g/mol. The molecule has 0 saturated heterocycles. The van der Waals surface area contributed by atoms with Crippen LogP contribution in [0, 0.1) is 0 Å². The Morgan fingerprint density at radius 2 is 0.683 bits per heavy atom. The fraction of sp³-hybridized carbons (Fsp3) is 0.400. The lowest BCUT2D eigenvalue weighted by atomic mass is 10.0. The van der Waals surface area contributed by atoms with Gasteiger partial charge in [0.25, 0.3) is 0 Å². The third-order valence-electron chi connectivity index (χ3n) is 11.0. The number of esters is 3. The van der Waals surface area contributed by atoms with Crippen molar-refractivity contribution >= 4 is 17.9 Å². The number of benzene rings is 5. The Morgan fingerprint density at radius 1 is 0.333 bits per heavy atom. The summed E-state index contributed by atoms with van der Waals surface area (Å²) in [4.78, 5) is 38.7. The molecule has 8 heteroatoms. The summed E-state index contributed by atoms with van der Waals surface area (Å²) in [5.41, 5.74) is 2.74. The molecule has 334 valence electrons. The molecule has 0 saturated carbocycles. The highest BCUT2D eigenvalue weighted by atomic mass is 16.5. The molecule has 0 aliphatic carbocycles. The first-order valence-corrected chi connectivity index (χ1v) is 23.3. The monoisotopic (exact) mass is 854 g/mol. The smallest absolute Gasteiger partial charge is 0.343 e. The zero-order chi connectivity index (χ0) is 44.3. The van der Waals surface area contributed by atoms with Gasteiger partial charge in [0, 0.05) is 0 Å². The normalized spacial score (nSPS) is 10.9. The average Bonchev–Trinajstić information content (AvgIpc) is 3.31. The molecule has 0 heterocycles. The van der Waals surface area contributed by atoms with Gasteiger partial charge in [0.2, 0.25) is 0 Å². The van der Waals surface area contributed by atoms with E-state index in [0.29, 0.717) is 47.2 Å². The van der Waals surface area contributed by atoms with E-state index in [-0.39, 0.29) is 0 Å². The van der Waals surface area contributed by atoms with Crippen molar-refractivity contribution in [2.24, 2.45) is 0 Å². The highest BCUT2D eigenvalue weighted by Gasteiger charge is 2.14. The molecule has 0 unspecified atom stereocenters. The molecule has 0 N–H and O–H groups in total. The molecule has 0 aromatic heterocycles. The summed E-state index contributed by atoms with van der Waals surface area (Å²) in [5, 5.41) is 0. The van der Waals surface area contributed by atoms with E-state index in [4.69, 9.17) is 23.7 Å². The van der Waals surface area contributed by atoms with Gasteiger partial charge in [-0.3, -0.25) is 0 Å². The van der Waals surface area contributed by atoms with E-state index in [0.717, 1.165) is 48.3 Å². The Morgan fingerprint density at radius 3 is 1.14 bits per heavy atom. The van der Waals surface area contributed by atoms with Gasteiger partial charge >= 0.3 is 17.9 Å². The summed E-state index contributed by atoms with van der Waals surface area (Å²) in [5.74, 6) is 1.01. The van der Waals surface area contributed by atoms with Crippen LogP contribution in [-0.4, -0.2) is 31.1 Å². The van der Waals surface area contributed by atoms with Gasteiger partial charge in [0.15, 0.2) is 0 Å². The fourth-order valence-electron chi connectivity index (χ4n) is 7.16. The molecule has 0 radical (unpaired) electrons. The van der Waals surface area contributed by atoms with Gasteiger partial charge in [0.05, 0.1) is 29.9 Å². The summed E-state index contributed by atoms with van der Waals surface area (Å²) >= 11 is 0. The van der Waals surface area contributed by atoms with E-state index >= 15 is 0 Å². The first kappa shape index (κ1) is 48.1. The molecule has 63 heavy (non-hydrogen) atoms. The van der Waals surface area contributed by atoms with Crippen LogP contribution in [0.2, 0.25) is 0 Å². The van der Waals surface area contributed by atoms with Crippen LogP contribution in [-0.2, 0) is 0 Å². The average molecular weight is 855 g/mol. The molecule has 0 bridgehead atoms. The van der Waals surface area contributed by atoms with Gasteiger partial charge in [-0.15, -0.1) is 0 Å². The number of carbonyl (C=O) groups is 3. The quantitative estimate of drug-likeness (QED) is 0.0266. The standard InChI is InChI=1S/C55H66O8/c1-3-5-7-8-9-10-11-12-13-14-15-16-17-18-19-20-41-60-48-30-26-44(27-31-48)53(56)62-51-34-28-45(29-35-51)54(57)61-50-32-24-43(25-33-50)46-22-21-23-47(42-46)55(58)63-52-38-36-49(37-39-52)59-40-6-4-2/h21-39,42H,3-20,40-41H2,1-2H3. The summed E-state index contributed by atoms with van der Waals surface area (Å²) < 4.78 is 28.3. The highest BCUT2D eigenvalue weighted by molar-refractivity contribution is 5.93. The van der Waals surface area contributed by atoms with E-state index in [1.807, 2.05) is 18.2 Å². The van der Waals surface area contributed by atoms with E-state index < -0.39 is 17.9 Å². The van der Waals surface area contributed by atoms with Crippen LogP contribution >= 0.6 is 0 Å². The van der Waals surface area contributed by atoms with Crippen molar-refractivity contribution in [1.29, 1.82) is 0 Å². The van der Waals surface area contributed by atoms with Gasteiger partial charge in [-0.25, -0.2) is 14.4 Å². The van der Waals surface area contributed by atoms with Crippen molar-refractivity contribution in [3.8, 4) is 39.9 Å². The first-order chi connectivity index (χ1) is 30.9. The van der Waals surface area contributed by atoms with Gasteiger partial charge in [0.1, 0.15) is 28.7 Å².